The Morgan fingerprint density at radius 3 is 2.89 bits per heavy atom. The number of carbonyl (C=O) groups is 1. The fourth-order valence-electron chi connectivity index (χ4n) is 2.32. The van der Waals surface area contributed by atoms with Crippen LogP contribution in [0.2, 0.25) is 0 Å². The molecule has 0 fully saturated rings. The van der Waals surface area contributed by atoms with Crippen molar-refractivity contribution in [3.8, 4) is 0 Å². The number of carboxylic acid groups (broad SMARTS) is 1. The highest BCUT2D eigenvalue weighted by atomic mass is 16.5. The third kappa shape index (κ3) is 2.61. The number of imidazole rings is 1. The van der Waals surface area contributed by atoms with Gasteiger partial charge in [0.2, 0.25) is 0 Å². The lowest BCUT2D eigenvalue weighted by atomic mass is 10.2. The predicted molar refractivity (Wildman–Crippen MR) is 72.6 cm³/mol. The van der Waals surface area contributed by atoms with E-state index in [1.165, 1.54) is 0 Å². The SMILES string of the molecule is COCCC(C)n1c(C)nc2ccc(C(=O)O)cc21. The van der Waals surface area contributed by atoms with Crippen LogP contribution >= 0.6 is 0 Å². The molecule has 5 heteroatoms. The summed E-state index contributed by atoms with van der Waals surface area (Å²) in [6.07, 6.45) is 0.861. The van der Waals surface area contributed by atoms with E-state index in [0.717, 1.165) is 23.3 Å². The van der Waals surface area contributed by atoms with Crippen molar-refractivity contribution < 1.29 is 14.6 Å². The molecule has 0 spiro atoms. The van der Waals surface area contributed by atoms with E-state index in [0.29, 0.717) is 6.61 Å². The zero-order valence-corrected chi connectivity index (χ0v) is 11.4. The lowest BCUT2D eigenvalue weighted by molar-refractivity contribution is 0.0697. The van der Waals surface area contributed by atoms with Gasteiger partial charge in [0.25, 0.3) is 0 Å². The first-order valence-corrected chi connectivity index (χ1v) is 6.25. The zero-order valence-electron chi connectivity index (χ0n) is 11.4. The first-order valence-electron chi connectivity index (χ1n) is 6.25. The van der Waals surface area contributed by atoms with Gasteiger partial charge in [0, 0.05) is 19.8 Å². The third-order valence-electron chi connectivity index (χ3n) is 3.29. The number of hydrogen-bond acceptors (Lipinski definition) is 3. The van der Waals surface area contributed by atoms with E-state index < -0.39 is 5.97 Å². The normalized spacial score (nSPS) is 12.8. The summed E-state index contributed by atoms with van der Waals surface area (Å²) < 4.78 is 7.17. The van der Waals surface area contributed by atoms with Gasteiger partial charge >= 0.3 is 5.97 Å². The van der Waals surface area contributed by atoms with E-state index in [1.54, 1.807) is 25.3 Å². The van der Waals surface area contributed by atoms with E-state index in [1.807, 2.05) is 6.92 Å². The maximum atomic E-state index is 11.1. The number of aromatic nitrogens is 2. The number of benzene rings is 1. The monoisotopic (exact) mass is 262 g/mol. The number of carboxylic acids is 1. The quantitative estimate of drug-likeness (QED) is 0.899. The summed E-state index contributed by atoms with van der Waals surface area (Å²) in [5, 5.41) is 9.07. The molecule has 0 aliphatic rings. The second kappa shape index (κ2) is 5.40. The topological polar surface area (TPSA) is 64.4 Å². The third-order valence-corrected chi connectivity index (χ3v) is 3.29. The summed E-state index contributed by atoms with van der Waals surface area (Å²) >= 11 is 0. The fraction of sp³-hybridized carbons (Fsp3) is 0.429. The van der Waals surface area contributed by atoms with Crippen LogP contribution in [0.4, 0.5) is 0 Å². The Morgan fingerprint density at radius 1 is 1.53 bits per heavy atom. The highest BCUT2D eigenvalue weighted by molar-refractivity contribution is 5.92. The van der Waals surface area contributed by atoms with E-state index in [4.69, 9.17) is 9.84 Å². The first kappa shape index (κ1) is 13.5. The van der Waals surface area contributed by atoms with Crippen molar-refractivity contribution in [2.75, 3.05) is 13.7 Å². The number of rotatable bonds is 5. The van der Waals surface area contributed by atoms with Crippen molar-refractivity contribution in [1.29, 1.82) is 0 Å². The van der Waals surface area contributed by atoms with Crippen LogP contribution in [0, 0.1) is 6.92 Å². The standard InChI is InChI=1S/C14H18N2O3/c1-9(6-7-19-3)16-10(2)15-12-5-4-11(14(17)18)8-13(12)16/h4-5,8-9H,6-7H2,1-3H3,(H,17,18). The van der Waals surface area contributed by atoms with Gasteiger partial charge in [0.05, 0.1) is 16.6 Å². The Morgan fingerprint density at radius 2 is 2.26 bits per heavy atom. The minimum absolute atomic E-state index is 0.217. The first-order chi connectivity index (χ1) is 9.04. The molecule has 0 radical (unpaired) electrons. The van der Waals surface area contributed by atoms with Gasteiger partial charge in [-0.25, -0.2) is 9.78 Å². The molecule has 0 bridgehead atoms. The van der Waals surface area contributed by atoms with Gasteiger partial charge in [-0.15, -0.1) is 0 Å². The smallest absolute Gasteiger partial charge is 0.335 e. The molecule has 1 aromatic heterocycles. The van der Waals surface area contributed by atoms with E-state index >= 15 is 0 Å². The molecule has 0 saturated heterocycles. The Labute approximate surface area is 111 Å². The molecule has 102 valence electrons. The van der Waals surface area contributed by atoms with Gasteiger partial charge in [-0.05, 0) is 38.5 Å². The van der Waals surface area contributed by atoms with Gasteiger partial charge in [0.1, 0.15) is 5.82 Å². The lowest BCUT2D eigenvalue weighted by Crippen LogP contribution is -2.10. The van der Waals surface area contributed by atoms with Gasteiger partial charge in [-0.1, -0.05) is 0 Å². The average Bonchev–Trinajstić information content (AvgIpc) is 2.70. The molecule has 5 nitrogen and oxygen atoms in total. The second-order valence-corrected chi connectivity index (χ2v) is 4.67. The Hall–Kier alpha value is -1.88. The van der Waals surface area contributed by atoms with Gasteiger partial charge in [-0.2, -0.15) is 0 Å². The van der Waals surface area contributed by atoms with Crippen LogP contribution < -0.4 is 0 Å². The largest absolute Gasteiger partial charge is 0.478 e. The summed E-state index contributed by atoms with van der Waals surface area (Å²) in [6, 6.07) is 5.24. The van der Waals surface area contributed by atoms with Crippen molar-refractivity contribution in [3.63, 3.8) is 0 Å². The van der Waals surface area contributed by atoms with E-state index in [9.17, 15) is 4.79 Å². The molecule has 0 saturated carbocycles. The second-order valence-electron chi connectivity index (χ2n) is 4.67. The Bertz CT molecular complexity index is 604. The van der Waals surface area contributed by atoms with Crippen molar-refractivity contribution in [2.24, 2.45) is 0 Å². The molecule has 0 aliphatic carbocycles. The average molecular weight is 262 g/mol. The molecule has 1 N–H and O–H groups in total. The highest BCUT2D eigenvalue weighted by Gasteiger charge is 2.15. The minimum atomic E-state index is -0.920. The van der Waals surface area contributed by atoms with Crippen LogP contribution in [0.1, 0.15) is 35.6 Å². The molecular formula is C14H18N2O3. The molecule has 1 heterocycles. The summed E-state index contributed by atoms with van der Waals surface area (Å²) in [4.78, 5) is 15.5. The fourth-order valence-corrected chi connectivity index (χ4v) is 2.32. The van der Waals surface area contributed by atoms with Crippen molar-refractivity contribution in [3.05, 3.63) is 29.6 Å². The summed E-state index contributed by atoms with van der Waals surface area (Å²) in [5.41, 5.74) is 1.97. The van der Waals surface area contributed by atoms with Crippen LogP contribution in [-0.2, 0) is 4.74 Å². The van der Waals surface area contributed by atoms with Crippen LogP contribution in [-0.4, -0.2) is 34.3 Å². The molecule has 19 heavy (non-hydrogen) atoms. The number of aromatic carboxylic acids is 1. The molecule has 2 aromatic rings. The Kier molecular flexibility index (Phi) is 3.85. The molecular weight excluding hydrogens is 244 g/mol. The van der Waals surface area contributed by atoms with Gasteiger partial charge in [0.15, 0.2) is 0 Å². The van der Waals surface area contributed by atoms with E-state index in [2.05, 4.69) is 16.5 Å². The highest BCUT2D eigenvalue weighted by Crippen LogP contribution is 2.24. The predicted octanol–water partition coefficient (Wildman–Crippen LogP) is 2.64. The number of ether oxygens (including phenoxy) is 1. The zero-order chi connectivity index (χ0) is 14.0. The Balaban J connectivity index is 2.49. The molecule has 1 aromatic carbocycles. The summed E-state index contributed by atoms with van der Waals surface area (Å²) in [6.45, 7) is 4.68. The molecule has 0 amide bonds. The van der Waals surface area contributed by atoms with Crippen LogP contribution in [0.5, 0.6) is 0 Å². The van der Waals surface area contributed by atoms with Crippen molar-refractivity contribution in [2.45, 2.75) is 26.3 Å². The maximum Gasteiger partial charge on any atom is 0.335 e. The maximum absolute atomic E-state index is 11.1. The molecule has 1 atom stereocenters. The van der Waals surface area contributed by atoms with Gasteiger partial charge < -0.3 is 14.4 Å². The number of methoxy groups -OCH3 is 1. The molecule has 1 unspecified atom stereocenters. The number of hydrogen-bond donors (Lipinski definition) is 1. The summed E-state index contributed by atoms with van der Waals surface area (Å²) in [7, 11) is 1.67. The van der Waals surface area contributed by atoms with Gasteiger partial charge in [-0.3, -0.25) is 0 Å². The van der Waals surface area contributed by atoms with Crippen molar-refractivity contribution in [1.82, 2.24) is 9.55 Å². The lowest BCUT2D eigenvalue weighted by Gasteiger charge is -2.16. The molecule has 2 rings (SSSR count). The minimum Gasteiger partial charge on any atom is -0.478 e. The number of fused-ring (bicyclic) bond motifs is 1. The van der Waals surface area contributed by atoms with Crippen molar-refractivity contribution >= 4 is 17.0 Å². The number of aryl methyl sites for hydroxylation is 1. The van der Waals surface area contributed by atoms with Crippen LogP contribution in [0.15, 0.2) is 18.2 Å². The summed E-state index contributed by atoms with van der Waals surface area (Å²) in [5.74, 6) is -0.0296. The van der Waals surface area contributed by atoms with E-state index in [-0.39, 0.29) is 11.6 Å². The number of nitrogens with zero attached hydrogens (tertiary/aromatic N) is 2. The van der Waals surface area contributed by atoms with Crippen LogP contribution in [0.25, 0.3) is 11.0 Å². The van der Waals surface area contributed by atoms with Crippen LogP contribution in [0.3, 0.4) is 0 Å². The molecule has 0 aliphatic heterocycles.